The number of hydrogen-bond acceptors (Lipinski definition) is 3. The van der Waals surface area contributed by atoms with Crippen molar-refractivity contribution in [3.8, 4) is 0 Å². The Labute approximate surface area is 124 Å². The molecule has 1 fully saturated rings. The molecule has 1 aliphatic heterocycles. The van der Waals surface area contributed by atoms with Crippen LogP contribution in [0.25, 0.3) is 0 Å². The summed E-state index contributed by atoms with van der Waals surface area (Å²) in [5.41, 5.74) is 0.942. The minimum atomic E-state index is 0.148. The molecule has 0 saturated carbocycles. The first-order valence-electron chi connectivity index (χ1n) is 6.70. The minimum Gasteiger partial charge on any atom is -0.395 e. The fourth-order valence-electron chi connectivity index (χ4n) is 2.51. The van der Waals surface area contributed by atoms with E-state index in [1.807, 2.05) is 18.2 Å². The van der Waals surface area contributed by atoms with Gasteiger partial charge in [-0.25, -0.2) is 0 Å². The minimum absolute atomic E-state index is 0.148. The van der Waals surface area contributed by atoms with Crippen molar-refractivity contribution in [2.75, 3.05) is 26.2 Å². The van der Waals surface area contributed by atoms with Gasteiger partial charge in [0.25, 0.3) is 0 Å². The Hall–Kier alpha value is -0.320. The number of rotatable bonds is 6. The first kappa shape index (κ1) is 15.1. The van der Waals surface area contributed by atoms with Crippen LogP contribution in [-0.4, -0.2) is 42.3 Å². The van der Waals surface area contributed by atoms with Crippen LogP contribution in [0, 0.1) is 0 Å². The van der Waals surface area contributed by atoms with Gasteiger partial charge in [-0.3, -0.25) is 4.90 Å². The van der Waals surface area contributed by atoms with Gasteiger partial charge in [0, 0.05) is 41.3 Å². The second kappa shape index (κ2) is 7.46. The van der Waals surface area contributed by atoms with Gasteiger partial charge in [-0.15, -0.1) is 0 Å². The summed E-state index contributed by atoms with van der Waals surface area (Å²) in [5, 5.41) is 14.0. The zero-order chi connectivity index (χ0) is 13.7. The summed E-state index contributed by atoms with van der Waals surface area (Å²) in [6, 6.07) is 6.07. The van der Waals surface area contributed by atoms with Gasteiger partial charge in [0.15, 0.2) is 0 Å². The molecule has 0 aliphatic carbocycles. The number of nitrogens with zero attached hydrogens (tertiary/aromatic N) is 1. The van der Waals surface area contributed by atoms with Crippen molar-refractivity contribution in [3.63, 3.8) is 0 Å². The zero-order valence-corrected chi connectivity index (χ0v) is 12.4. The van der Waals surface area contributed by atoms with E-state index in [0.717, 1.165) is 18.7 Å². The lowest BCUT2D eigenvalue weighted by atomic mass is 10.1. The van der Waals surface area contributed by atoms with Crippen LogP contribution in [0.3, 0.4) is 0 Å². The molecule has 1 saturated heterocycles. The van der Waals surface area contributed by atoms with E-state index < -0.39 is 0 Å². The molecule has 5 heteroatoms. The van der Waals surface area contributed by atoms with Gasteiger partial charge >= 0.3 is 0 Å². The van der Waals surface area contributed by atoms with E-state index in [-0.39, 0.29) is 6.61 Å². The maximum atomic E-state index is 9.20. The van der Waals surface area contributed by atoms with E-state index in [9.17, 15) is 5.11 Å². The summed E-state index contributed by atoms with van der Waals surface area (Å²) in [6.07, 6.45) is 2.42. The molecule has 2 rings (SSSR count). The summed E-state index contributed by atoms with van der Waals surface area (Å²) in [4.78, 5) is 2.20. The molecule has 0 radical (unpaired) electrons. The van der Waals surface area contributed by atoms with Gasteiger partial charge in [-0.1, -0.05) is 29.3 Å². The number of hydrogen-bond donors (Lipinski definition) is 2. The van der Waals surface area contributed by atoms with Crippen LogP contribution in [0.2, 0.25) is 10.0 Å². The van der Waals surface area contributed by atoms with Gasteiger partial charge < -0.3 is 10.4 Å². The van der Waals surface area contributed by atoms with Crippen LogP contribution in [0.15, 0.2) is 18.2 Å². The fourth-order valence-corrected chi connectivity index (χ4v) is 3.02. The van der Waals surface area contributed by atoms with Crippen LogP contribution in [0.4, 0.5) is 0 Å². The lowest BCUT2D eigenvalue weighted by Crippen LogP contribution is -2.38. The highest BCUT2D eigenvalue weighted by molar-refractivity contribution is 6.35. The topological polar surface area (TPSA) is 35.5 Å². The number of benzene rings is 1. The second-order valence-electron chi connectivity index (χ2n) is 4.95. The third kappa shape index (κ3) is 4.33. The van der Waals surface area contributed by atoms with Crippen molar-refractivity contribution < 1.29 is 5.11 Å². The number of aliphatic hydroxyl groups excluding tert-OH is 1. The molecule has 1 aromatic rings. The second-order valence-corrected chi connectivity index (χ2v) is 5.77. The molecule has 1 atom stereocenters. The maximum absolute atomic E-state index is 9.20. The normalized spacial score (nSPS) is 19.3. The molecule has 1 heterocycles. The Kier molecular flexibility index (Phi) is 5.92. The van der Waals surface area contributed by atoms with E-state index in [0.29, 0.717) is 29.2 Å². The highest BCUT2D eigenvalue weighted by Crippen LogP contribution is 2.25. The zero-order valence-electron chi connectivity index (χ0n) is 10.9. The standard InChI is InChI=1S/C14H20Cl2N2O/c15-13-4-1-5-14(16)12(13)10-18(7-8-19)9-11-3-2-6-17-11/h1,4-5,11,17,19H,2-3,6-10H2. The molecule has 106 valence electrons. The Morgan fingerprint density at radius 1 is 1.32 bits per heavy atom. The van der Waals surface area contributed by atoms with E-state index >= 15 is 0 Å². The van der Waals surface area contributed by atoms with Gasteiger partial charge in [0.05, 0.1) is 6.61 Å². The molecular formula is C14H20Cl2N2O. The summed E-state index contributed by atoms with van der Waals surface area (Å²) in [5.74, 6) is 0. The first-order valence-corrected chi connectivity index (χ1v) is 7.46. The summed E-state index contributed by atoms with van der Waals surface area (Å²) in [6.45, 7) is 3.47. The fraction of sp³-hybridized carbons (Fsp3) is 0.571. The summed E-state index contributed by atoms with van der Waals surface area (Å²) < 4.78 is 0. The van der Waals surface area contributed by atoms with Crippen LogP contribution in [0.5, 0.6) is 0 Å². The lowest BCUT2D eigenvalue weighted by molar-refractivity contribution is 0.179. The van der Waals surface area contributed by atoms with Crippen LogP contribution in [-0.2, 0) is 6.54 Å². The van der Waals surface area contributed by atoms with Crippen molar-refractivity contribution in [3.05, 3.63) is 33.8 Å². The molecule has 1 aliphatic rings. The maximum Gasteiger partial charge on any atom is 0.0558 e. The Morgan fingerprint density at radius 2 is 2.05 bits per heavy atom. The highest BCUT2D eigenvalue weighted by Gasteiger charge is 2.19. The van der Waals surface area contributed by atoms with Gasteiger partial charge in [-0.05, 0) is 31.5 Å². The highest BCUT2D eigenvalue weighted by atomic mass is 35.5. The van der Waals surface area contributed by atoms with Crippen molar-refractivity contribution >= 4 is 23.2 Å². The molecule has 2 N–H and O–H groups in total. The quantitative estimate of drug-likeness (QED) is 0.848. The smallest absolute Gasteiger partial charge is 0.0558 e. The summed E-state index contributed by atoms with van der Waals surface area (Å²) in [7, 11) is 0. The number of aliphatic hydroxyl groups is 1. The SMILES string of the molecule is OCCN(Cc1c(Cl)cccc1Cl)CC1CCCN1. The molecule has 1 unspecified atom stereocenters. The molecule has 19 heavy (non-hydrogen) atoms. The predicted molar refractivity (Wildman–Crippen MR) is 79.8 cm³/mol. The average Bonchev–Trinajstić information content (AvgIpc) is 2.87. The van der Waals surface area contributed by atoms with Gasteiger partial charge in [-0.2, -0.15) is 0 Å². The van der Waals surface area contributed by atoms with Crippen molar-refractivity contribution in [2.24, 2.45) is 0 Å². The van der Waals surface area contributed by atoms with E-state index in [2.05, 4.69) is 10.2 Å². The number of nitrogens with one attached hydrogen (secondary N) is 1. The molecule has 0 amide bonds. The molecule has 0 aromatic heterocycles. The number of halogens is 2. The molecule has 3 nitrogen and oxygen atoms in total. The van der Waals surface area contributed by atoms with Gasteiger partial charge in [0.2, 0.25) is 0 Å². The average molecular weight is 303 g/mol. The Morgan fingerprint density at radius 3 is 2.63 bits per heavy atom. The van der Waals surface area contributed by atoms with Crippen molar-refractivity contribution in [2.45, 2.75) is 25.4 Å². The predicted octanol–water partition coefficient (Wildman–Crippen LogP) is 2.54. The molecule has 1 aromatic carbocycles. The summed E-state index contributed by atoms with van der Waals surface area (Å²) >= 11 is 12.4. The molecular weight excluding hydrogens is 283 g/mol. The molecule has 0 bridgehead atoms. The van der Waals surface area contributed by atoms with Crippen LogP contribution >= 0.6 is 23.2 Å². The van der Waals surface area contributed by atoms with E-state index in [1.54, 1.807) is 0 Å². The van der Waals surface area contributed by atoms with Crippen LogP contribution in [0.1, 0.15) is 18.4 Å². The van der Waals surface area contributed by atoms with Crippen molar-refractivity contribution in [1.82, 2.24) is 10.2 Å². The Bertz CT molecular complexity index is 388. The third-order valence-electron chi connectivity index (χ3n) is 3.50. The largest absolute Gasteiger partial charge is 0.395 e. The van der Waals surface area contributed by atoms with Crippen molar-refractivity contribution in [1.29, 1.82) is 0 Å². The van der Waals surface area contributed by atoms with E-state index in [4.69, 9.17) is 23.2 Å². The van der Waals surface area contributed by atoms with E-state index in [1.165, 1.54) is 12.8 Å². The Balaban J connectivity index is 2.02. The monoisotopic (exact) mass is 302 g/mol. The first-order chi connectivity index (χ1) is 9.20. The van der Waals surface area contributed by atoms with Crippen LogP contribution < -0.4 is 5.32 Å². The van der Waals surface area contributed by atoms with Gasteiger partial charge in [0.1, 0.15) is 0 Å². The lowest BCUT2D eigenvalue weighted by Gasteiger charge is -2.25. The molecule has 0 spiro atoms. The third-order valence-corrected chi connectivity index (χ3v) is 4.21.